The van der Waals surface area contributed by atoms with Crippen LogP contribution in [0.2, 0.25) is 5.02 Å². The van der Waals surface area contributed by atoms with Crippen molar-refractivity contribution in [2.75, 3.05) is 5.73 Å². The molecule has 0 saturated heterocycles. The summed E-state index contributed by atoms with van der Waals surface area (Å²) in [5, 5.41) is 8.76. The number of nitrogens with two attached hydrogens (primary N) is 1. The van der Waals surface area contributed by atoms with Gasteiger partial charge in [0.25, 0.3) is 0 Å². The molecule has 0 aliphatic rings. The lowest BCUT2D eigenvalue weighted by molar-refractivity contribution is 1.01. The van der Waals surface area contributed by atoms with Gasteiger partial charge in [0.2, 0.25) is 0 Å². The number of hydrogen-bond donors (Lipinski definition) is 1. The number of nitrogen functional groups attached to an aromatic ring is 1. The zero-order chi connectivity index (χ0) is 11.7. The molecule has 16 heavy (non-hydrogen) atoms. The molecule has 0 spiro atoms. The summed E-state index contributed by atoms with van der Waals surface area (Å²) < 4.78 is 0. The lowest BCUT2D eigenvalue weighted by atomic mass is 10.0. The Balaban J connectivity index is 2.57. The van der Waals surface area contributed by atoms with Crippen LogP contribution in [-0.4, -0.2) is 10.2 Å². The van der Waals surface area contributed by atoms with Crippen molar-refractivity contribution in [3.8, 4) is 11.3 Å². The van der Waals surface area contributed by atoms with Crippen LogP contribution >= 0.6 is 11.6 Å². The second kappa shape index (κ2) is 4.10. The van der Waals surface area contributed by atoms with E-state index in [1.807, 2.05) is 38.1 Å². The molecule has 2 N–H and O–H groups in total. The lowest BCUT2D eigenvalue weighted by Gasteiger charge is -2.08. The molecule has 0 amide bonds. The Morgan fingerprint density at radius 1 is 1.00 bits per heavy atom. The molecule has 1 heterocycles. The Morgan fingerprint density at radius 3 is 2.25 bits per heavy atom. The Hall–Kier alpha value is -1.61. The highest BCUT2D eigenvalue weighted by atomic mass is 35.5. The van der Waals surface area contributed by atoms with Gasteiger partial charge in [0, 0.05) is 10.6 Å². The summed E-state index contributed by atoms with van der Waals surface area (Å²) in [7, 11) is 0. The van der Waals surface area contributed by atoms with Crippen LogP contribution in [-0.2, 0) is 0 Å². The van der Waals surface area contributed by atoms with Gasteiger partial charge < -0.3 is 5.73 Å². The molecule has 2 aromatic rings. The first-order chi connectivity index (χ1) is 7.59. The molecular weight excluding hydrogens is 222 g/mol. The molecule has 0 bridgehead atoms. The van der Waals surface area contributed by atoms with Gasteiger partial charge in [-0.15, -0.1) is 10.2 Å². The minimum Gasteiger partial charge on any atom is -0.382 e. The van der Waals surface area contributed by atoms with Gasteiger partial charge >= 0.3 is 0 Å². The van der Waals surface area contributed by atoms with E-state index in [1.165, 1.54) is 0 Å². The van der Waals surface area contributed by atoms with Gasteiger partial charge in [-0.25, -0.2) is 0 Å². The Labute approximate surface area is 99.3 Å². The molecule has 0 atom stereocenters. The van der Waals surface area contributed by atoms with Crippen molar-refractivity contribution in [1.82, 2.24) is 10.2 Å². The molecular formula is C12H12ClN3. The van der Waals surface area contributed by atoms with Gasteiger partial charge in [0.05, 0.1) is 5.69 Å². The quantitative estimate of drug-likeness (QED) is 0.824. The van der Waals surface area contributed by atoms with Crippen LogP contribution in [0.15, 0.2) is 24.3 Å². The van der Waals surface area contributed by atoms with E-state index < -0.39 is 0 Å². The van der Waals surface area contributed by atoms with E-state index in [1.54, 1.807) is 0 Å². The minimum atomic E-state index is 0.482. The average Bonchev–Trinajstić information content (AvgIpc) is 2.28. The summed E-state index contributed by atoms with van der Waals surface area (Å²) in [4.78, 5) is 0. The zero-order valence-electron chi connectivity index (χ0n) is 9.16. The number of halogens is 1. The molecule has 1 aromatic carbocycles. The number of hydrogen-bond acceptors (Lipinski definition) is 3. The zero-order valence-corrected chi connectivity index (χ0v) is 9.92. The molecule has 3 nitrogen and oxygen atoms in total. The smallest absolute Gasteiger partial charge is 0.149 e. The highest BCUT2D eigenvalue weighted by Crippen LogP contribution is 2.25. The number of aromatic nitrogens is 2. The average molecular weight is 234 g/mol. The summed E-state index contributed by atoms with van der Waals surface area (Å²) in [6.07, 6.45) is 0. The van der Waals surface area contributed by atoms with E-state index in [0.29, 0.717) is 10.8 Å². The van der Waals surface area contributed by atoms with Crippen LogP contribution in [0.5, 0.6) is 0 Å². The van der Waals surface area contributed by atoms with Gasteiger partial charge in [0.1, 0.15) is 5.82 Å². The highest BCUT2D eigenvalue weighted by molar-refractivity contribution is 6.30. The van der Waals surface area contributed by atoms with Crippen LogP contribution in [0.4, 0.5) is 5.82 Å². The third-order valence-electron chi connectivity index (χ3n) is 2.68. The molecule has 1 aromatic heterocycles. The van der Waals surface area contributed by atoms with Crippen LogP contribution in [0.1, 0.15) is 11.1 Å². The van der Waals surface area contributed by atoms with Crippen molar-refractivity contribution < 1.29 is 0 Å². The summed E-state index contributed by atoms with van der Waals surface area (Å²) >= 11 is 5.84. The first-order valence-electron chi connectivity index (χ1n) is 4.95. The maximum atomic E-state index is 5.84. The fourth-order valence-electron chi connectivity index (χ4n) is 1.51. The van der Waals surface area contributed by atoms with Gasteiger partial charge in [-0.1, -0.05) is 23.7 Å². The van der Waals surface area contributed by atoms with E-state index in [0.717, 1.165) is 22.4 Å². The van der Waals surface area contributed by atoms with Crippen LogP contribution in [0, 0.1) is 13.8 Å². The molecule has 2 rings (SSSR count). The predicted octanol–water partition coefficient (Wildman–Crippen LogP) is 3.00. The van der Waals surface area contributed by atoms with Crippen molar-refractivity contribution in [2.45, 2.75) is 13.8 Å². The second-order valence-corrected chi connectivity index (χ2v) is 4.13. The SMILES string of the molecule is Cc1c(N)nnc(-c2ccc(Cl)cc2)c1C. The largest absolute Gasteiger partial charge is 0.382 e. The van der Waals surface area contributed by atoms with Crippen LogP contribution < -0.4 is 5.73 Å². The van der Waals surface area contributed by atoms with Crippen molar-refractivity contribution in [3.05, 3.63) is 40.4 Å². The molecule has 0 aliphatic carbocycles. The summed E-state index contributed by atoms with van der Waals surface area (Å²) in [6.45, 7) is 3.93. The molecule has 0 unspecified atom stereocenters. The van der Waals surface area contributed by atoms with Crippen molar-refractivity contribution in [1.29, 1.82) is 0 Å². The first-order valence-corrected chi connectivity index (χ1v) is 5.32. The summed E-state index contributed by atoms with van der Waals surface area (Å²) in [5.74, 6) is 0.482. The number of nitrogens with zero attached hydrogens (tertiary/aromatic N) is 2. The van der Waals surface area contributed by atoms with E-state index in [9.17, 15) is 0 Å². The minimum absolute atomic E-state index is 0.482. The fraction of sp³-hybridized carbons (Fsp3) is 0.167. The molecule has 82 valence electrons. The van der Waals surface area contributed by atoms with Gasteiger partial charge in [-0.3, -0.25) is 0 Å². The van der Waals surface area contributed by atoms with Gasteiger partial charge in [-0.2, -0.15) is 0 Å². The van der Waals surface area contributed by atoms with Gasteiger partial charge in [0.15, 0.2) is 0 Å². The Kier molecular flexibility index (Phi) is 2.79. The molecule has 0 fully saturated rings. The van der Waals surface area contributed by atoms with Crippen molar-refractivity contribution in [2.24, 2.45) is 0 Å². The third-order valence-corrected chi connectivity index (χ3v) is 2.93. The fourth-order valence-corrected chi connectivity index (χ4v) is 1.63. The standard InChI is InChI=1S/C12H12ClN3/c1-7-8(2)12(14)16-15-11(7)9-3-5-10(13)6-4-9/h3-6H,1-2H3,(H2,14,16). The van der Waals surface area contributed by atoms with E-state index in [2.05, 4.69) is 10.2 Å². The van der Waals surface area contributed by atoms with Crippen molar-refractivity contribution in [3.63, 3.8) is 0 Å². The third kappa shape index (κ3) is 1.86. The Morgan fingerprint density at radius 2 is 1.62 bits per heavy atom. The number of benzene rings is 1. The second-order valence-electron chi connectivity index (χ2n) is 3.69. The van der Waals surface area contributed by atoms with Crippen molar-refractivity contribution >= 4 is 17.4 Å². The van der Waals surface area contributed by atoms with E-state index >= 15 is 0 Å². The monoisotopic (exact) mass is 233 g/mol. The van der Waals surface area contributed by atoms with Crippen LogP contribution in [0.3, 0.4) is 0 Å². The maximum Gasteiger partial charge on any atom is 0.149 e. The molecule has 4 heteroatoms. The number of rotatable bonds is 1. The summed E-state index contributed by atoms with van der Waals surface area (Å²) in [5.41, 5.74) is 9.57. The molecule has 0 radical (unpaired) electrons. The van der Waals surface area contributed by atoms with E-state index in [4.69, 9.17) is 17.3 Å². The molecule has 0 aliphatic heterocycles. The first kappa shape index (κ1) is 10.9. The van der Waals surface area contributed by atoms with E-state index in [-0.39, 0.29) is 0 Å². The summed E-state index contributed by atoms with van der Waals surface area (Å²) in [6, 6.07) is 7.53. The topological polar surface area (TPSA) is 51.8 Å². The number of anilines is 1. The predicted molar refractivity (Wildman–Crippen MR) is 66.4 cm³/mol. The lowest BCUT2D eigenvalue weighted by Crippen LogP contribution is -2.01. The normalized spacial score (nSPS) is 10.4. The Bertz CT molecular complexity index is 521. The molecule has 0 saturated carbocycles. The van der Waals surface area contributed by atoms with Gasteiger partial charge in [-0.05, 0) is 37.1 Å². The highest BCUT2D eigenvalue weighted by Gasteiger charge is 2.09. The van der Waals surface area contributed by atoms with Crippen LogP contribution in [0.25, 0.3) is 11.3 Å². The maximum absolute atomic E-state index is 5.84.